The number of benzene rings is 1. The average Bonchev–Trinajstić information content (AvgIpc) is 2.41. The second-order valence-corrected chi connectivity index (χ2v) is 5.44. The summed E-state index contributed by atoms with van der Waals surface area (Å²) in [6.45, 7) is 4.25. The Hall–Kier alpha value is -1.06. The molecule has 1 atom stereocenters. The van der Waals surface area contributed by atoms with Crippen LogP contribution in [0.3, 0.4) is 0 Å². The third-order valence-electron chi connectivity index (χ3n) is 4.09. The van der Waals surface area contributed by atoms with Gasteiger partial charge in [-0.2, -0.15) is 0 Å². The lowest BCUT2D eigenvalue weighted by atomic mass is 9.98. The Bertz CT molecular complexity index is 419. The van der Waals surface area contributed by atoms with Crippen molar-refractivity contribution in [2.24, 2.45) is 0 Å². The number of nitrogens with zero attached hydrogens (tertiary/aromatic N) is 1. The van der Waals surface area contributed by atoms with Crippen molar-refractivity contribution in [2.75, 3.05) is 33.3 Å². The van der Waals surface area contributed by atoms with Crippen LogP contribution in [0.4, 0.5) is 0 Å². The van der Waals surface area contributed by atoms with Crippen LogP contribution in [0.2, 0.25) is 0 Å². The molecule has 0 aliphatic carbocycles. The second-order valence-electron chi connectivity index (χ2n) is 5.44. The molecule has 0 aromatic heterocycles. The SMILES string of the molecule is CN1CCNCC1Cc1ccc2c(c1)CCCO2. The lowest BCUT2D eigenvalue weighted by Crippen LogP contribution is -2.50. The lowest BCUT2D eigenvalue weighted by Gasteiger charge is -2.33. The predicted octanol–water partition coefficient (Wildman–Crippen LogP) is 1.46. The van der Waals surface area contributed by atoms with E-state index in [0.717, 1.165) is 44.8 Å². The zero-order valence-electron chi connectivity index (χ0n) is 11.1. The van der Waals surface area contributed by atoms with E-state index in [1.54, 1.807) is 0 Å². The van der Waals surface area contributed by atoms with Crippen LogP contribution in [0, 0.1) is 0 Å². The fourth-order valence-electron chi connectivity index (χ4n) is 2.90. The summed E-state index contributed by atoms with van der Waals surface area (Å²) in [5.74, 6) is 1.10. The molecular weight excluding hydrogens is 224 g/mol. The van der Waals surface area contributed by atoms with Gasteiger partial charge in [-0.3, -0.25) is 0 Å². The molecule has 2 heterocycles. The zero-order valence-corrected chi connectivity index (χ0v) is 11.1. The molecule has 1 aromatic rings. The Morgan fingerprint density at radius 3 is 3.28 bits per heavy atom. The molecule has 0 spiro atoms. The number of piperazine rings is 1. The molecule has 3 heteroatoms. The maximum atomic E-state index is 5.67. The van der Waals surface area contributed by atoms with Crippen molar-refractivity contribution in [3.05, 3.63) is 29.3 Å². The van der Waals surface area contributed by atoms with Gasteiger partial charge in [0.05, 0.1) is 6.61 Å². The van der Waals surface area contributed by atoms with E-state index in [-0.39, 0.29) is 0 Å². The minimum Gasteiger partial charge on any atom is -0.493 e. The molecule has 1 fully saturated rings. The van der Waals surface area contributed by atoms with Gasteiger partial charge in [0.2, 0.25) is 0 Å². The molecule has 1 aromatic carbocycles. The molecule has 3 nitrogen and oxygen atoms in total. The number of likely N-dealkylation sites (N-methyl/N-ethyl adjacent to an activating group) is 1. The highest BCUT2D eigenvalue weighted by atomic mass is 16.5. The van der Waals surface area contributed by atoms with E-state index in [1.807, 2.05) is 0 Å². The summed E-state index contributed by atoms with van der Waals surface area (Å²) in [5.41, 5.74) is 2.84. The molecule has 2 aliphatic heterocycles. The van der Waals surface area contributed by atoms with Crippen LogP contribution in [0.15, 0.2) is 18.2 Å². The Morgan fingerprint density at radius 1 is 1.44 bits per heavy atom. The van der Waals surface area contributed by atoms with Gasteiger partial charge in [-0.25, -0.2) is 0 Å². The standard InChI is InChI=1S/C15H22N2O/c1-17-7-6-16-11-14(17)10-12-4-5-15-13(9-12)3-2-8-18-15/h4-5,9,14,16H,2-3,6-8,10-11H2,1H3. The van der Waals surface area contributed by atoms with E-state index in [0.29, 0.717) is 6.04 Å². The summed E-state index contributed by atoms with van der Waals surface area (Å²) >= 11 is 0. The molecule has 0 radical (unpaired) electrons. The maximum absolute atomic E-state index is 5.67. The van der Waals surface area contributed by atoms with Crippen LogP contribution in [0.25, 0.3) is 0 Å². The number of rotatable bonds is 2. The Labute approximate surface area is 109 Å². The fourth-order valence-corrected chi connectivity index (χ4v) is 2.90. The summed E-state index contributed by atoms with van der Waals surface area (Å²) in [7, 11) is 2.23. The zero-order chi connectivity index (χ0) is 12.4. The van der Waals surface area contributed by atoms with Gasteiger partial charge in [-0.05, 0) is 43.5 Å². The Morgan fingerprint density at radius 2 is 2.39 bits per heavy atom. The Balaban J connectivity index is 1.72. The fraction of sp³-hybridized carbons (Fsp3) is 0.600. The van der Waals surface area contributed by atoms with Crippen molar-refractivity contribution in [1.29, 1.82) is 0 Å². The highest BCUT2D eigenvalue weighted by Gasteiger charge is 2.19. The number of ether oxygens (including phenoxy) is 1. The summed E-state index contributed by atoms with van der Waals surface area (Å²) in [5, 5.41) is 3.48. The van der Waals surface area contributed by atoms with Gasteiger partial charge in [0.25, 0.3) is 0 Å². The van der Waals surface area contributed by atoms with Crippen LogP contribution in [-0.4, -0.2) is 44.2 Å². The molecule has 0 saturated carbocycles. The van der Waals surface area contributed by atoms with Crippen LogP contribution in [0.5, 0.6) is 5.75 Å². The quantitative estimate of drug-likeness (QED) is 0.855. The van der Waals surface area contributed by atoms with Crippen molar-refractivity contribution in [2.45, 2.75) is 25.3 Å². The number of hydrogen-bond donors (Lipinski definition) is 1. The minimum atomic E-state index is 0.626. The highest BCUT2D eigenvalue weighted by Crippen LogP contribution is 2.26. The first-order chi connectivity index (χ1) is 8.83. The normalized spacial score (nSPS) is 24.4. The molecule has 3 rings (SSSR count). The highest BCUT2D eigenvalue weighted by molar-refractivity contribution is 5.38. The molecule has 0 amide bonds. The second kappa shape index (κ2) is 5.29. The van der Waals surface area contributed by atoms with Crippen molar-refractivity contribution in [3.63, 3.8) is 0 Å². The Kier molecular flexibility index (Phi) is 3.52. The topological polar surface area (TPSA) is 24.5 Å². The number of nitrogens with one attached hydrogen (secondary N) is 1. The maximum Gasteiger partial charge on any atom is 0.122 e. The van der Waals surface area contributed by atoms with Gasteiger partial charge in [-0.15, -0.1) is 0 Å². The molecule has 98 valence electrons. The smallest absolute Gasteiger partial charge is 0.122 e. The van der Waals surface area contributed by atoms with Crippen LogP contribution in [-0.2, 0) is 12.8 Å². The van der Waals surface area contributed by atoms with Crippen molar-refractivity contribution >= 4 is 0 Å². The number of hydrogen-bond acceptors (Lipinski definition) is 3. The summed E-state index contributed by atoms with van der Waals surface area (Å²) in [6.07, 6.45) is 3.46. The summed E-state index contributed by atoms with van der Waals surface area (Å²) < 4.78 is 5.67. The molecule has 2 aliphatic rings. The van der Waals surface area contributed by atoms with E-state index >= 15 is 0 Å². The largest absolute Gasteiger partial charge is 0.493 e. The van der Waals surface area contributed by atoms with E-state index < -0.39 is 0 Å². The van der Waals surface area contributed by atoms with E-state index in [1.165, 1.54) is 17.5 Å². The predicted molar refractivity (Wildman–Crippen MR) is 73.2 cm³/mol. The van der Waals surface area contributed by atoms with Gasteiger partial charge >= 0.3 is 0 Å². The lowest BCUT2D eigenvalue weighted by molar-refractivity contribution is 0.199. The average molecular weight is 246 g/mol. The monoisotopic (exact) mass is 246 g/mol. The van der Waals surface area contributed by atoms with Crippen molar-refractivity contribution < 1.29 is 4.74 Å². The van der Waals surface area contributed by atoms with Gasteiger partial charge in [-0.1, -0.05) is 12.1 Å². The first-order valence-corrected chi connectivity index (χ1v) is 6.98. The molecule has 1 unspecified atom stereocenters. The van der Waals surface area contributed by atoms with Gasteiger partial charge in [0, 0.05) is 25.7 Å². The molecule has 18 heavy (non-hydrogen) atoms. The summed E-state index contributed by atoms with van der Waals surface area (Å²) in [6, 6.07) is 7.35. The van der Waals surface area contributed by atoms with Crippen LogP contribution < -0.4 is 10.1 Å². The molecule has 1 saturated heterocycles. The van der Waals surface area contributed by atoms with E-state index in [4.69, 9.17) is 4.74 Å². The van der Waals surface area contributed by atoms with Crippen molar-refractivity contribution in [3.8, 4) is 5.75 Å². The van der Waals surface area contributed by atoms with Crippen molar-refractivity contribution in [1.82, 2.24) is 10.2 Å². The molecule has 1 N–H and O–H groups in total. The number of aryl methyl sites for hydroxylation is 1. The van der Waals surface area contributed by atoms with E-state index in [9.17, 15) is 0 Å². The number of fused-ring (bicyclic) bond motifs is 1. The first kappa shape index (κ1) is 12.0. The van der Waals surface area contributed by atoms with Gasteiger partial charge in [0.1, 0.15) is 5.75 Å². The van der Waals surface area contributed by atoms with Gasteiger partial charge < -0.3 is 15.0 Å². The molecular formula is C15H22N2O. The minimum absolute atomic E-state index is 0.626. The van der Waals surface area contributed by atoms with E-state index in [2.05, 4.69) is 35.5 Å². The first-order valence-electron chi connectivity index (χ1n) is 6.98. The van der Waals surface area contributed by atoms with Crippen LogP contribution >= 0.6 is 0 Å². The van der Waals surface area contributed by atoms with Gasteiger partial charge in [0.15, 0.2) is 0 Å². The molecule has 0 bridgehead atoms. The third-order valence-corrected chi connectivity index (χ3v) is 4.09. The van der Waals surface area contributed by atoms with Crippen LogP contribution in [0.1, 0.15) is 17.5 Å². The third kappa shape index (κ3) is 2.52. The summed E-state index contributed by atoms with van der Waals surface area (Å²) in [4.78, 5) is 2.46.